The fraction of sp³-hybridized carbons (Fsp3) is 0.533. The van der Waals surface area contributed by atoms with Crippen molar-refractivity contribution in [2.24, 2.45) is 5.92 Å². The van der Waals surface area contributed by atoms with Crippen LogP contribution < -0.4 is 0 Å². The van der Waals surface area contributed by atoms with Crippen molar-refractivity contribution in [3.05, 3.63) is 59.5 Å². The van der Waals surface area contributed by atoms with E-state index in [9.17, 15) is 9.59 Å². The number of ketones is 2. The molecule has 0 spiro atoms. The molecule has 0 radical (unpaired) electrons. The lowest BCUT2D eigenvalue weighted by molar-refractivity contribution is -0.115. The summed E-state index contributed by atoms with van der Waals surface area (Å²) < 4.78 is 8.21. The molecule has 7 heteroatoms. The van der Waals surface area contributed by atoms with E-state index in [2.05, 4.69) is 82.4 Å². The standard InChI is InChI=1S/C30H42O3S3Si/c1-22(31)21-34-18-9-19-35-29-23(13-17-27(29)32)12-14-25(33-37(5,6)30(2,3)4)15-16-26-20-24-10-7-8-11-28(24)36-26/h7-8,10-14,17,20,23,25,29H,9,15-16,18-19,21H2,1-6H3/b14-12+/t23-,25?,29+/m0/s1. The average Bonchev–Trinajstić information content (AvgIpc) is 3.39. The van der Waals surface area contributed by atoms with E-state index in [0.717, 1.165) is 30.8 Å². The third-order valence-electron chi connectivity index (χ3n) is 7.10. The molecule has 1 aromatic heterocycles. The van der Waals surface area contributed by atoms with E-state index in [4.69, 9.17) is 4.43 Å². The second kappa shape index (κ2) is 13.8. The first kappa shape index (κ1) is 30.4. The molecule has 0 aliphatic heterocycles. The highest BCUT2D eigenvalue weighted by molar-refractivity contribution is 8.01. The van der Waals surface area contributed by atoms with Crippen molar-refractivity contribution >= 4 is 64.8 Å². The smallest absolute Gasteiger partial charge is 0.192 e. The van der Waals surface area contributed by atoms with Gasteiger partial charge in [-0.1, -0.05) is 57.2 Å². The van der Waals surface area contributed by atoms with Crippen molar-refractivity contribution in [1.82, 2.24) is 0 Å². The molecule has 1 aliphatic rings. The van der Waals surface area contributed by atoms with Crippen molar-refractivity contribution in [2.75, 3.05) is 17.3 Å². The summed E-state index contributed by atoms with van der Waals surface area (Å²) in [5.74, 6) is 3.02. The van der Waals surface area contributed by atoms with Gasteiger partial charge in [0.05, 0.1) is 17.1 Å². The molecule has 0 saturated carbocycles. The van der Waals surface area contributed by atoms with Gasteiger partial charge in [0, 0.05) is 15.5 Å². The Balaban J connectivity index is 1.64. The first-order valence-corrected chi connectivity index (χ1v) is 19.1. The van der Waals surface area contributed by atoms with Gasteiger partial charge < -0.3 is 4.43 Å². The van der Waals surface area contributed by atoms with Gasteiger partial charge in [-0.25, -0.2) is 0 Å². The Labute approximate surface area is 237 Å². The van der Waals surface area contributed by atoms with Crippen LogP contribution >= 0.6 is 34.9 Å². The van der Waals surface area contributed by atoms with Crippen LogP contribution in [0.4, 0.5) is 0 Å². The molecule has 37 heavy (non-hydrogen) atoms. The Morgan fingerprint density at radius 3 is 2.68 bits per heavy atom. The Bertz CT molecular complexity index is 1080. The predicted octanol–water partition coefficient (Wildman–Crippen LogP) is 8.35. The van der Waals surface area contributed by atoms with E-state index in [1.54, 1.807) is 36.5 Å². The third kappa shape index (κ3) is 9.24. The van der Waals surface area contributed by atoms with Gasteiger partial charge in [-0.05, 0) is 79.4 Å². The summed E-state index contributed by atoms with van der Waals surface area (Å²) >= 11 is 5.31. The van der Waals surface area contributed by atoms with Crippen LogP contribution in [0.25, 0.3) is 10.1 Å². The maximum Gasteiger partial charge on any atom is 0.192 e. The van der Waals surface area contributed by atoms with Gasteiger partial charge in [0.2, 0.25) is 0 Å². The number of thiophene rings is 1. The molecule has 202 valence electrons. The van der Waals surface area contributed by atoms with E-state index in [1.165, 1.54) is 15.0 Å². The number of hydrogen-bond donors (Lipinski definition) is 0. The fourth-order valence-electron chi connectivity index (χ4n) is 3.98. The molecule has 0 fully saturated rings. The zero-order valence-corrected chi connectivity index (χ0v) is 26.6. The van der Waals surface area contributed by atoms with Gasteiger partial charge >= 0.3 is 0 Å². The second-order valence-corrected chi connectivity index (χ2v) is 19.6. The molecular weight excluding hydrogens is 533 g/mol. The van der Waals surface area contributed by atoms with Crippen LogP contribution in [0.3, 0.4) is 0 Å². The van der Waals surface area contributed by atoms with E-state index in [0.29, 0.717) is 5.75 Å². The number of benzene rings is 1. The maximum atomic E-state index is 12.6. The van der Waals surface area contributed by atoms with Crippen LogP contribution in [0.1, 0.15) is 45.4 Å². The van der Waals surface area contributed by atoms with Crippen molar-refractivity contribution in [2.45, 2.75) is 76.4 Å². The molecule has 1 heterocycles. The van der Waals surface area contributed by atoms with Crippen LogP contribution in [-0.4, -0.2) is 48.5 Å². The highest BCUT2D eigenvalue weighted by Gasteiger charge is 2.39. The summed E-state index contributed by atoms with van der Waals surface area (Å²) in [5.41, 5.74) is 0. The van der Waals surface area contributed by atoms with Gasteiger partial charge in [-0.2, -0.15) is 11.8 Å². The highest BCUT2D eigenvalue weighted by Crippen LogP contribution is 2.38. The Morgan fingerprint density at radius 2 is 1.97 bits per heavy atom. The Hall–Kier alpha value is -1.12. The van der Waals surface area contributed by atoms with Crippen LogP contribution in [-0.2, 0) is 20.4 Å². The molecule has 0 amide bonds. The van der Waals surface area contributed by atoms with E-state index >= 15 is 0 Å². The zero-order valence-electron chi connectivity index (χ0n) is 23.1. The summed E-state index contributed by atoms with van der Waals surface area (Å²) in [6, 6.07) is 10.9. The number of Topliss-reactive ketones (excluding diaryl/α,β-unsaturated/α-hetero) is 1. The highest BCUT2D eigenvalue weighted by atomic mass is 32.2. The summed E-state index contributed by atoms with van der Waals surface area (Å²) in [4.78, 5) is 25.1. The van der Waals surface area contributed by atoms with Gasteiger partial charge in [-0.3, -0.25) is 9.59 Å². The second-order valence-electron chi connectivity index (χ2n) is 11.3. The Morgan fingerprint density at radius 1 is 1.22 bits per heavy atom. The number of carbonyl (C=O) groups is 2. The molecule has 2 aromatic rings. The minimum atomic E-state index is -1.95. The van der Waals surface area contributed by atoms with Gasteiger partial charge in [0.25, 0.3) is 0 Å². The van der Waals surface area contributed by atoms with Gasteiger partial charge in [-0.15, -0.1) is 23.1 Å². The molecule has 0 N–H and O–H groups in total. The predicted molar refractivity (Wildman–Crippen MR) is 168 cm³/mol. The topological polar surface area (TPSA) is 43.4 Å². The lowest BCUT2D eigenvalue weighted by Crippen LogP contribution is -2.43. The Kier molecular flexibility index (Phi) is 11.3. The summed E-state index contributed by atoms with van der Waals surface area (Å²) in [6.07, 6.45) is 11.2. The van der Waals surface area contributed by atoms with Gasteiger partial charge in [0.15, 0.2) is 14.1 Å². The van der Waals surface area contributed by atoms with Crippen molar-refractivity contribution in [3.8, 4) is 0 Å². The van der Waals surface area contributed by atoms with E-state index in [-0.39, 0.29) is 33.9 Å². The molecule has 0 bridgehead atoms. The lowest BCUT2D eigenvalue weighted by atomic mass is 10.1. The summed E-state index contributed by atoms with van der Waals surface area (Å²) in [7, 11) is -1.95. The quantitative estimate of drug-likeness (QED) is 0.129. The fourth-order valence-corrected chi connectivity index (χ4v) is 8.54. The summed E-state index contributed by atoms with van der Waals surface area (Å²) in [5, 5.41) is 1.40. The van der Waals surface area contributed by atoms with E-state index in [1.807, 2.05) is 11.3 Å². The number of rotatable bonds is 14. The molecule has 1 aromatic carbocycles. The first-order chi connectivity index (χ1) is 17.5. The average molecular weight is 575 g/mol. The molecule has 3 atom stereocenters. The van der Waals surface area contributed by atoms with Crippen LogP contribution in [0.15, 0.2) is 54.6 Å². The minimum Gasteiger partial charge on any atom is -0.411 e. The first-order valence-electron chi connectivity index (χ1n) is 13.2. The number of aryl methyl sites for hydroxylation is 1. The number of fused-ring (bicyclic) bond motifs is 1. The van der Waals surface area contributed by atoms with Crippen molar-refractivity contribution in [3.63, 3.8) is 0 Å². The number of allylic oxidation sites excluding steroid dienone is 3. The lowest BCUT2D eigenvalue weighted by Gasteiger charge is -2.38. The minimum absolute atomic E-state index is 0.0313. The normalized spacial score (nSPS) is 19.4. The van der Waals surface area contributed by atoms with Crippen molar-refractivity contribution < 1.29 is 14.0 Å². The van der Waals surface area contributed by atoms with E-state index < -0.39 is 8.32 Å². The summed E-state index contributed by atoms with van der Waals surface area (Å²) in [6.45, 7) is 13.1. The third-order valence-corrected chi connectivity index (χ3v) is 15.4. The van der Waals surface area contributed by atoms with Crippen LogP contribution in [0.5, 0.6) is 0 Å². The van der Waals surface area contributed by atoms with Crippen LogP contribution in [0, 0.1) is 5.92 Å². The molecule has 3 rings (SSSR count). The largest absolute Gasteiger partial charge is 0.411 e. The number of carbonyl (C=O) groups excluding carboxylic acids is 2. The molecular formula is C30H42O3S3Si. The maximum absolute atomic E-state index is 12.6. The number of thioether (sulfide) groups is 2. The number of hydrogen-bond acceptors (Lipinski definition) is 6. The zero-order chi connectivity index (χ0) is 27.1. The SMILES string of the molecule is CC(=O)CSCCCS[C@H]1C(=O)C=C[C@@H]1/C=C/C(CCc1cc2ccccc2s1)O[Si](C)(C)C(C)(C)C. The molecule has 0 saturated heterocycles. The van der Waals surface area contributed by atoms with Crippen molar-refractivity contribution in [1.29, 1.82) is 0 Å². The monoisotopic (exact) mass is 574 g/mol. The van der Waals surface area contributed by atoms with Crippen LogP contribution in [0.2, 0.25) is 18.1 Å². The molecule has 1 unspecified atom stereocenters. The van der Waals surface area contributed by atoms with Gasteiger partial charge in [0.1, 0.15) is 5.78 Å². The molecule has 3 nitrogen and oxygen atoms in total. The molecule has 1 aliphatic carbocycles.